The molecule has 0 radical (unpaired) electrons. The first-order chi connectivity index (χ1) is 11.1. The minimum Gasteiger partial charge on any atom is -0.352 e. The van der Waals surface area contributed by atoms with Gasteiger partial charge in [0, 0.05) is 24.7 Å². The summed E-state index contributed by atoms with van der Waals surface area (Å²) in [6, 6.07) is 13.6. The number of fused-ring (bicyclic) bond motifs is 1. The van der Waals surface area contributed by atoms with Gasteiger partial charge in [-0.3, -0.25) is 4.79 Å². The molecule has 118 valence electrons. The molecule has 0 unspecified atom stereocenters. The summed E-state index contributed by atoms with van der Waals surface area (Å²) in [6.45, 7) is 2.75. The van der Waals surface area contributed by atoms with Gasteiger partial charge in [-0.05, 0) is 77.2 Å². The van der Waals surface area contributed by atoms with Crippen LogP contribution in [0.15, 0.2) is 42.5 Å². The summed E-state index contributed by atoms with van der Waals surface area (Å²) in [4.78, 5) is 13.5. The number of carbonyl (C=O) groups excluding carboxylic acids is 1. The number of halogens is 2. The standard InChI is InChI=1S/C18H15ClINOS/c1-11-14-10-12(19)6-7-17(14)23-16(11)8-9-21-18(22)13-4-2-3-5-15(13)20/h2-7,10H,8-9H2,1H3,(H,21,22). The molecule has 1 heterocycles. The third kappa shape index (κ3) is 3.70. The van der Waals surface area contributed by atoms with Crippen molar-refractivity contribution in [3.05, 3.63) is 67.1 Å². The summed E-state index contributed by atoms with van der Waals surface area (Å²) in [5.41, 5.74) is 1.99. The zero-order valence-electron chi connectivity index (χ0n) is 12.5. The van der Waals surface area contributed by atoms with Gasteiger partial charge in [0.15, 0.2) is 0 Å². The lowest BCUT2D eigenvalue weighted by Gasteiger charge is -2.06. The molecule has 2 aromatic carbocycles. The minimum absolute atomic E-state index is 0.0168. The first-order valence-corrected chi connectivity index (χ1v) is 9.54. The van der Waals surface area contributed by atoms with Crippen molar-refractivity contribution in [1.29, 1.82) is 0 Å². The van der Waals surface area contributed by atoms with E-state index in [1.165, 1.54) is 20.5 Å². The molecule has 0 bridgehead atoms. The zero-order valence-corrected chi connectivity index (χ0v) is 16.3. The number of nitrogens with one attached hydrogen (secondary N) is 1. The van der Waals surface area contributed by atoms with Gasteiger partial charge in [0.2, 0.25) is 0 Å². The zero-order chi connectivity index (χ0) is 16.4. The topological polar surface area (TPSA) is 29.1 Å². The van der Waals surface area contributed by atoms with Crippen molar-refractivity contribution in [2.24, 2.45) is 0 Å². The van der Waals surface area contributed by atoms with Crippen LogP contribution in [0.4, 0.5) is 0 Å². The SMILES string of the molecule is Cc1c(CCNC(=O)c2ccccc2I)sc2ccc(Cl)cc12. The molecule has 3 rings (SSSR count). The number of rotatable bonds is 4. The van der Waals surface area contributed by atoms with Crippen molar-refractivity contribution in [2.45, 2.75) is 13.3 Å². The Morgan fingerprint density at radius 1 is 1.26 bits per heavy atom. The van der Waals surface area contributed by atoms with E-state index in [9.17, 15) is 4.79 Å². The van der Waals surface area contributed by atoms with E-state index < -0.39 is 0 Å². The highest BCUT2D eigenvalue weighted by Gasteiger charge is 2.11. The maximum atomic E-state index is 12.2. The van der Waals surface area contributed by atoms with Crippen LogP contribution in [0.3, 0.4) is 0 Å². The number of aryl methyl sites for hydroxylation is 1. The Hall–Kier alpha value is -1.11. The molecular formula is C18H15ClINOS. The van der Waals surface area contributed by atoms with E-state index in [0.717, 1.165) is 20.6 Å². The molecule has 2 nitrogen and oxygen atoms in total. The van der Waals surface area contributed by atoms with Crippen molar-refractivity contribution in [3.63, 3.8) is 0 Å². The molecule has 0 spiro atoms. The fraction of sp³-hybridized carbons (Fsp3) is 0.167. The van der Waals surface area contributed by atoms with E-state index >= 15 is 0 Å². The van der Waals surface area contributed by atoms with Gasteiger partial charge >= 0.3 is 0 Å². The van der Waals surface area contributed by atoms with E-state index in [0.29, 0.717) is 6.54 Å². The van der Waals surface area contributed by atoms with E-state index in [-0.39, 0.29) is 5.91 Å². The van der Waals surface area contributed by atoms with Crippen LogP contribution < -0.4 is 5.32 Å². The Morgan fingerprint density at radius 3 is 2.83 bits per heavy atom. The fourth-order valence-electron chi connectivity index (χ4n) is 2.51. The number of carbonyl (C=O) groups is 1. The van der Waals surface area contributed by atoms with Crippen LogP contribution in [-0.4, -0.2) is 12.5 Å². The first-order valence-electron chi connectivity index (χ1n) is 7.26. The van der Waals surface area contributed by atoms with Crippen molar-refractivity contribution in [1.82, 2.24) is 5.32 Å². The normalized spacial score (nSPS) is 10.9. The molecule has 0 saturated carbocycles. The van der Waals surface area contributed by atoms with Gasteiger partial charge in [-0.1, -0.05) is 23.7 Å². The Balaban J connectivity index is 1.68. The molecule has 1 aromatic heterocycles. The maximum absolute atomic E-state index is 12.2. The van der Waals surface area contributed by atoms with Crippen LogP contribution in [0.2, 0.25) is 5.02 Å². The minimum atomic E-state index is -0.0168. The number of amides is 1. The second kappa shape index (κ2) is 7.20. The van der Waals surface area contributed by atoms with Crippen LogP contribution in [0.25, 0.3) is 10.1 Å². The van der Waals surface area contributed by atoms with Gasteiger partial charge < -0.3 is 5.32 Å². The molecule has 0 fully saturated rings. The van der Waals surface area contributed by atoms with E-state index in [4.69, 9.17) is 11.6 Å². The van der Waals surface area contributed by atoms with Gasteiger partial charge in [0.05, 0.1) is 5.56 Å². The summed E-state index contributed by atoms with van der Waals surface area (Å²) in [6.07, 6.45) is 0.831. The quantitative estimate of drug-likeness (QED) is 0.522. The lowest BCUT2D eigenvalue weighted by atomic mass is 10.1. The van der Waals surface area contributed by atoms with Gasteiger partial charge in [-0.25, -0.2) is 0 Å². The van der Waals surface area contributed by atoms with Crippen LogP contribution in [0, 0.1) is 10.5 Å². The lowest BCUT2D eigenvalue weighted by Crippen LogP contribution is -2.26. The highest BCUT2D eigenvalue weighted by atomic mass is 127. The van der Waals surface area contributed by atoms with Gasteiger partial charge in [-0.15, -0.1) is 11.3 Å². The largest absolute Gasteiger partial charge is 0.352 e. The maximum Gasteiger partial charge on any atom is 0.252 e. The van der Waals surface area contributed by atoms with Crippen molar-refractivity contribution < 1.29 is 4.79 Å². The average Bonchev–Trinajstić information content (AvgIpc) is 2.84. The van der Waals surface area contributed by atoms with Gasteiger partial charge in [-0.2, -0.15) is 0 Å². The molecule has 1 N–H and O–H groups in total. The van der Waals surface area contributed by atoms with E-state index in [2.05, 4.69) is 40.9 Å². The first kappa shape index (κ1) is 16.7. The molecule has 0 aliphatic carbocycles. The highest BCUT2D eigenvalue weighted by molar-refractivity contribution is 14.1. The summed E-state index contributed by atoms with van der Waals surface area (Å²) < 4.78 is 2.21. The Kier molecular flexibility index (Phi) is 5.24. The molecular weight excluding hydrogens is 441 g/mol. The molecule has 0 aliphatic heterocycles. The number of benzene rings is 2. The van der Waals surface area contributed by atoms with Crippen LogP contribution >= 0.6 is 45.5 Å². The summed E-state index contributed by atoms with van der Waals surface area (Å²) in [7, 11) is 0. The smallest absolute Gasteiger partial charge is 0.252 e. The molecule has 5 heteroatoms. The predicted octanol–water partition coefficient (Wildman–Crippen LogP) is 5.44. The Bertz CT molecular complexity index is 875. The van der Waals surface area contributed by atoms with E-state index in [1.807, 2.05) is 36.4 Å². The van der Waals surface area contributed by atoms with Crippen molar-refractivity contribution in [3.8, 4) is 0 Å². The lowest BCUT2D eigenvalue weighted by molar-refractivity contribution is 0.0953. The molecule has 1 amide bonds. The molecule has 23 heavy (non-hydrogen) atoms. The third-order valence-corrected chi connectivity index (χ3v) is 6.26. The summed E-state index contributed by atoms with van der Waals surface area (Å²) in [5, 5.41) is 4.98. The van der Waals surface area contributed by atoms with Crippen molar-refractivity contribution >= 4 is 61.5 Å². The molecule has 0 saturated heterocycles. The predicted molar refractivity (Wildman–Crippen MR) is 107 cm³/mol. The summed E-state index contributed by atoms with van der Waals surface area (Å²) in [5.74, 6) is -0.0168. The number of hydrogen-bond donors (Lipinski definition) is 1. The third-order valence-electron chi connectivity index (χ3n) is 3.75. The fourth-order valence-corrected chi connectivity index (χ4v) is 4.51. The van der Waals surface area contributed by atoms with E-state index in [1.54, 1.807) is 11.3 Å². The van der Waals surface area contributed by atoms with Gasteiger partial charge in [0.25, 0.3) is 5.91 Å². The summed E-state index contributed by atoms with van der Waals surface area (Å²) >= 11 is 10.0. The number of thiophene rings is 1. The van der Waals surface area contributed by atoms with Crippen LogP contribution in [0.1, 0.15) is 20.8 Å². The number of hydrogen-bond acceptors (Lipinski definition) is 2. The second-order valence-electron chi connectivity index (χ2n) is 5.28. The molecule has 0 aliphatic rings. The van der Waals surface area contributed by atoms with Crippen LogP contribution in [0.5, 0.6) is 0 Å². The second-order valence-corrected chi connectivity index (χ2v) is 8.01. The Morgan fingerprint density at radius 2 is 2.04 bits per heavy atom. The molecule has 3 aromatic rings. The van der Waals surface area contributed by atoms with Gasteiger partial charge in [0.1, 0.15) is 0 Å². The van der Waals surface area contributed by atoms with Crippen LogP contribution in [-0.2, 0) is 6.42 Å². The Labute approximate surface area is 158 Å². The monoisotopic (exact) mass is 455 g/mol. The average molecular weight is 456 g/mol. The molecule has 0 atom stereocenters. The van der Waals surface area contributed by atoms with Crippen molar-refractivity contribution in [2.75, 3.05) is 6.54 Å². The highest BCUT2D eigenvalue weighted by Crippen LogP contribution is 2.32.